The Morgan fingerprint density at radius 2 is 1.92 bits per heavy atom. The van der Waals surface area contributed by atoms with Gasteiger partial charge in [-0.05, 0) is 25.3 Å². The van der Waals surface area contributed by atoms with Gasteiger partial charge in [-0.3, -0.25) is 9.69 Å². The van der Waals surface area contributed by atoms with Gasteiger partial charge in [-0.15, -0.1) is 0 Å². The number of aromatic amines is 1. The van der Waals surface area contributed by atoms with E-state index in [1.165, 1.54) is 6.07 Å². The van der Waals surface area contributed by atoms with E-state index >= 15 is 0 Å². The molecule has 0 amide bonds. The molecule has 2 heterocycles. The molecule has 1 saturated carbocycles. The van der Waals surface area contributed by atoms with Crippen molar-refractivity contribution in [3.63, 3.8) is 0 Å². The fourth-order valence-corrected chi connectivity index (χ4v) is 3.17. The largest absolute Gasteiger partial charge is 0.507 e. The van der Waals surface area contributed by atoms with Gasteiger partial charge in [0.15, 0.2) is 11.5 Å². The molecule has 0 spiro atoms. The summed E-state index contributed by atoms with van der Waals surface area (Å²) in [6.45, 7) is 1.61. The summed E-state index contributed by atoms with van der Waals surface area (Å²) in [7, 11) is 0. The summed E-state index contributed by atoms with van der Waals surface area (Å²) in [4.78, 5) is 21.8. The quantitative estimate of drug-likeness (QED) is 0.499. The first-order chi connectivity index (χ1) is 11.5. The number of phenolic OH excluding ortho intramolecular Hbond substituents is 3. The van der Waals surface area contributed by atoms with Crippen molar-refractivity contribution >= 4 is 0 Å². The lowest BCUT2D eigenvalue weighted by atomic mass is 10.0. The lowest BCUT2D eigenvalue weighted by Gasteiger charge is -2.28. The van der Waals surface area contributed by atoms with E-state index in [4.69, 9.17) is 0 Å². The third-order valence-electron chi connectivity index (χ3n) is 4.70. The second kappa shape index (κ2) is 5.52. The maximum atomic E-state index is 12.2. The molecule has 0 radical (unpaired) electrons. The number of fused-ring (bicyclic) bond motifs is 1. The van der Waals surface area contributed by atoms with Crippen LogP contribution in [0.5, 0.6) is 17.2 Å². The Balaban J connectivity index is 1.58. The average molecular weight is 329 g/mol. The number of aromatic hydroxyl groups is 3. The lowest BCUT2D eigenvalue weighted by Crippen LogP contribution is -2.35. The fourth-order valence-electron chi connectivity index (χ4n) is 3.17. The molecule has 7 heteroatoms. The second-order valence-corrected chi connectivity index (χ2v) is 6.58. The van der Waals surface area contributed by atoms with Gasteiger partial charge in [0.25, 0.3) is 5.56 Å². The highest BCUT2D eigenvalue weighted by Crippen LogP contribution is 2.38. The molecule has 0 bridgehead atoms. The zero-order valence-electron chi connectivity index (χ0n) is 13.1. The predicted molar refractivity (Wildman–Crippen MR) is 86.1 cm³/mol. The number of benzene rings is 1. The minimum atomic E-state index is -0.345. The molecule has 126 valence electrons. The molecule has 4 rings (SSSR count). The highest BCUT2D eigenvalue weighted by atomic mass is 16.3. The van der Waals surface area contributed by atoms with E-state index < -0.39 is 0 Å². The van der Waals surface area contributed by atoms with Crippen molar-refractivity contribution in [2.24, 2.45) is 0 Å². The van der Waals surface area contributed by atoms with Gasteiger partial charge in [0, 0.05) is 42.7 Å². The number of H-pyrrole nitrogens is 1. The Bertz CT molecular complexity index is 858. The number of nitrogens with zero attached hydrogens (tertiary/aromatic N) is 2. The summed E-state index contributed by atoms with van der Waals surface area (Å²) >= 11 is 0. The highest BCUT2D eigenvalue weighted by molar-refractivity contribution is 5.48. The predicted octanol–water partition coefficient (Wildman–Crippen LogP) is 1.32. The van der Waals surface area contributed by atoms with Crippen LogP contribution >= 0.6 is 0 Å². The Morgan fingerprint density at radius 1 is 1.17 bits per heavy atom. The smallest absolute Gasteiger partial charge is 0.254 e. The Kier molecular flexibility index (Phi) is 3.45. The zero-order chi connectivity index (χ0) is 16.8. The van der Waals surface area contributed by atoms with Crippen LogP contribution in [0.15, 0.2) is 16.9 Å². The molecule has 1 aliphatic heterocycles. The van der Waals surface area contributed by atoms with E-state index in [9.17, 15) is 20.1 Å². The molecule has 1 aromatic heterocycles. The van der Waals surface area contributed by atoms with E-state index in [0.717, 1.165) is 36.0 Å². The third kappa shape index (κ3) is 2.71. The van der Waals surface area contributed by atoms with Crippen molar-refractivity contribution in [3.05, 3.63) is 45.1 Å². The number of hydrogen-bond acceptors (Lipinski definition) is 6. The summed E-state index contributed by atoms with van der Waals surface area (Å²) < 4.78 is 0. The molecular formula is C17H19N3O4. The zero-order valence-corrected chi connectivity index (χ0v) is 13.1. The third-order valence-corrected chi connectivity index (χ3v) is 4.70. The van der Waals surface area contributed by atoms with Crippen molar-refractivity contribution in [1.82, 2.24) is 14.9 Å². The molecule has 2 aromatic rings. The number of hydrogen-bond donors (Lipinski definition) is 4. The molecule has 1 aliphatic carbocycles. The van der Waals surface area contributed by atoms with Crippen LogP contribution in [0.4, 0.5) is 0 Å². The van der Waals surface area contributed by atoms with Crippen LogP contribution in [0.25, 0.3) is 0 Å². The number of phenols is 3. The fraction of sp³-hybridized carbons (Fsp3) is 0.412. The van der Waals surface area contributed by atoms with Crippen molar-refractivity contribution in [1.29, 1.82) is 0 Å². The average Bonchev–Trinajstić information content (AvgIpc) is 3.37. The lowest BCUT2D eigenvalue weighted by molar-refractivity contribution is 0.236. The van der Waals surface area contributed by atoms with Gasteiger partial charge in [-0.25, -0.2) is 4.98 Å². The summed E-state index contributed by atoms with van der Waals surface area (Å²) in [6, 6.07) is 2.50. The van der Waals surface area contributed by atoms with E-state index in [1.807, 2.05) is 0 Å². The number of aromatic nitrogens is 2. The first-order valence-corrected chi connectivity index (χ1v) is 8.09. The van der Waals surface area contributed by atoms with Crippen LogP contribution in [0.3, 0.4) is 0 Å². The topological polar surface area (TPSA) is 110 Å². The SMILES string of the molecule is O=c1[nH]c(C2CC2)nc2c1CCN(Cc1cc(O)c(O)cc1O)C2. The minimum Gasteiger partial charge on any atom is -0.507 e. The van der Waals surface area contributed by atoms with Crippen LogP contribution in [0.1, 0.15) is 41.4 Å². The van der Waals surface area contributed by atoms with Crippen molar-refractivity contribution < 1.29 is 15.3 Å². The molecular weight excluding hydrogens is 310 g/mol. The van der Waals surface area contributed by atoms with Crippen LogP contribution in [0, 0.1) is 0 Å². The molecule has 0 saturated heterocycles. The normalized spacial score (nSPS) is 17.7. The molecule has 24 heavy (non-hydrogen) atoms. The molecule has 1 aromatic carbocycles. The molecule has 1 fully saturated rings. The molecule has 0 unspecified atom stereocenters. The van der Waals surface area contributed by atoms with Gasteiger partial charge >= 0.3 is 0 Å². The van der Waals surface area contributed by atoms with Crippen molar-refractivity contribution in [2.75, 3.05) is 6.54 Å². The van der Waals surface area contributed by atoms with Crippen molar-refractivity contribution in [2.45, 2.75) is 38.3 Å². The minimum absolute atomic E-state index is 0.0355. The van der Waals surface area contributed by atoms with E-state index in [2.05, 4.69) is 14.9 Å². The van der Waals surface area contributed by atoms with Crippen LogP contribution in [-0.2, 0) is 19.5 Å². The van der Waals surface area contributed by atoms with Gasteiger partial charge < -0.3 is 20.3 Å². The highest BCUT2D eigenvalue weighted by Gasteiger charge is 2.29. The van der Waals surface area contributed by atoms with Gasteiger partial charge in [-0.2, -0.15) is 0 Å². The van der Waals surface area contributed by atoms with Crippen molar-refractivity contribution in [3.8, 4) is 17.2 Å². The summed E-state index contributed by atoms with van der Waals surface area (Å²) in [5.41, 5.74) is 2.04. The summed E-state index contributed by atoms with van der Waals surface area (Å²) in [5.74, 6) is 0.504. The molecule has 4 N–H and O–H groups in total. The van der Waals surface area contributed by atoms with Gasteiger partial charge in [-0.1, -0.05) is 0 Å². The standard InChI is InChI=1S/C17H19N3O4/c21-13-6-15(23)14(22)5-10(13)7-20-4-3-11-12(8-20)18-16(9-1-2-9)19-17(11)24/h5-6,9,21-23H,1-4,7-8H2,(H,18,19,24). The Labute approximate surface area is 138 Å². The monoisotopic (exact) mass is 329 g/mol. The molecule has 7 nitrogen and oxygen atoms in total. The van der Waals surface area contributed by atoms with E-state index in [-0.39, 0.29) is 22.8 Å². The van der Waals surface area contributed by atoms with Crippen LogP contribution < -0.4 is 5.56 Å². The maximum absolute atomic E-state index is 12.2. The van der Waals surface area contributed by atoms with Gasteiger partial charge in [0.2, 0.25) is 0 Å². The number of nitrogens with one attached hydrogen (secondary N) is 1. The van der Waals surface area contributed by atoms with Gasteiger partial charge in [0.1, 0.15) is 11.6 Å². The Morgan fingerprint density at radius 3 is 2.67 bits per heavy atom. The van der Waals surface area contributed by atoms with Crippen LogP contribution in [-0.4, -0.2) is 36.7 Å². The first-order valence-electron chi connectivity index (χ1n) is 8.09. The maximum Gasteiger partial charge on any atom is 0.254 e. The molecule has 2 aliphatic rings. The molecule has 0 atom stereocenters. The van der Waals surface area contributed by atoms with Crippen LogP contribution in [0.2, 0.25) is 0 Å². The number of rotatable bonds is 3. The van der Waals surface area contributed by atoms with E-state index in [0.29, 0.717) is 37.5 Å². The summed E-state index contributed by atoms with van der Waals surface area (Å²) in [5, 5.41) is 29.0. The Hall–Kier alpha value is -2.54. The van der Waals surface area contributed by atoms with Gasteiger partial charge in [0.05, 0.1) is 5.69 Å². The second-order valence-electron chi connectivity index (χ2n) is 6.58. The van der Waals surface area contributed by atoms with E-state index in [1.54, 1.807) is 0 Å². The first kappa shape index (κ1) is 15.0. The summed E-state index contributed by atoms with van der Waals surface area (Å²) in [6.07, 6.45) is 2.76.